The smallest absolute Gasteiger partial charge is 0.337 e. The predicted octanol–water partition coefficient (Wildman–Crippen LogP) is 3.09. The second kappa shape index (κ2) is 4.24. The SMILES string of the molecule is COc1cccc2nc3c(C(=O)O)cccc3cc12. The van der Waals surface area contributed by atoms with Crippen LogP contribution in [0.5, 0.6) is 5.75 Å². The molecule has 0 fully saturated rings. The molecule has 0 amide bonds. The molecule has 1 heterocycles. The van der Waals surface area contributed by atoms with Crippen LogP contribution in [0.3, 0.4) is 0 Å². The molecule has 0 aliphatic carbocycles. The minimum Gasteiger partial charge on any atom is -0.496 e. The maximum absolute atomic E-state index is 11.2. The van der Waals surface area contributed by atoms with Gasteiger partial charge in [-0.25, -0.2) is 9.78 Å². The second-order valence-corrected chi connectivity index (χ2v) is 4.20. The second-order valence-electron chi connectivity index (χ2n) is 4.20. The number of aromatic nitrogens is 1. The Balaban J connectivity index is 2.45. The van der Waals surface area contributed by atoms with Crippen LogP contribution in [0.25, 0.3) is 21.8 Å². The normalized spacial score (nSPS) is 10.8. The topological polar surface area (TPSA) is 59.4 Å². The summed E-state index contributed by atoms with van der Waals surface area (Å²) in [7, 11) is 1.60. The Labute approximate surface area is 109 Å². The highest BCUT2D eigenvalue weighted by Crippen LogP contribution is 2.28. The van der Waals surface area contributed by atoms with Crippen LogP contribution in [0.1, 0.15) is 10.4 Å². The van der Waals surface area contributed by atoms with E-state index in [0.29, 0.717) is 5.52 Å². The minimum absolute atomic E-state index is 0.210. The number of hydrogen-bond acceptors (Lipinski definition) is 3. The molecule has 0 bridgehead atoms. The summed E-state index contributed by atoms with van der Waals surface area (Å²) < 4.78 is 5.30. The molecule has 3 aromatic rings. The zero-order chi connectivity index (χ0) is 13.4. The molecule has 0 saturated heterocycles. The van der Waals surface area contributed by atoms with E-state index in [-0.39, 0.29) is 5.56 Å². The van der Waals surface area contributed by atoms with Gasteiger partial charge in [0.1, 0.15) is 5.75 Å². The van der Waals surface area contributed by atoms with E-state index >= 15 is 0 Å². The van der Waals surface area contributed by atoms with Crippen molar-refractivity contribution in [2.75, 3.05) is 7.11 Å². The zero-order valence-corrected chi connectivity index (χ0v) is 10.3. The van der Waals surface area contributed by atoms with Gasteiger partial charge in [-0.15, -0.1) is 0 Å². The average Bonchev–Trinajstić information content (AvgIpc) is 2.43. The molecule has 0 aliphatic heterocycles. The van der Waals surface area contributed by atoms with Crippen molar-refractivity contribution in [3.8, 4) is 5.75 Å². The fourth-order valence-electron chi connectivity index (χ4n) is 2.20. The summed E-state index contributed by atoms with van der Waals surface area (Å²) in [5.41, 5.74) is 1.43. The first-order valence-corrected chi connectivity index (χ1v) is 5.80. The van der Waals surface area contributed by atoms with E-state index in [1.807, 2.05) is 30.3 Å². The number of fused-ring (bicyclic) bond motifs is 2. The summed E-state index contributed by atoms with van der Waals surface area (Å²) in [6.45, 7) is 0. The maximum Gasteiger partial charge on any atom is 0.337 e. The lowest BCUT2D eigenvalue weighted by Gasteiger charge is -2.07. The number of carbonyl (C=O) groups is 1. The van der Waals surface area contributed by atoms with Gasteiger partial charge in [0.05, 0.1) is 23.7 Å². The third kappa shape index (κ3) is 1.78. The minimum atomic E-state index is -0.972. The van der Waals surface area contributed by atoms with Crippen LogP contribution < -0.4 is 4.74 Å². The van der Waals surface area contributed by atoms with Crippen LogP contribution >= 0.6 is 0 Å². The summed E-state index contributed by atoms with van der Waals surface area (Å²) in [5, 5.41) is 10.9. The Morgan fingerprint density at radius 3 is 2.74 bits per heavy atom. The molecule has 0 saturated carbocycles. The standard InChI is InChI=1S/C15H11NO3/c1-19-13-7-3-6-12-11(13)8-9-4-2-5-10(15(17)18)14(9)16-12/h2-8H,1H3,(H,17,18). The van der Waals surface area contributed by atoms with Crippen molar-refractivity contribution in [2.45, 2.75) is 0 Å². The first-order valence-electron chi connectivity index (χ1n) is 5.80. The Morgan fingerprint density at radius 1 is 1.21 bits per heavy atom. The molecular formula is C15H11NO3. The Kier molecular flexibility index (Phi) is 2.56. The van der Waals surface area contributed by atoms with Gasteiger partial charge in [0.25, 0.3) is 0 Å². The number of hydrogen-bond donors (Lipinski definition) is 1. The number of ether oxygens (including phenoxy) is 1. The lowest BCUT2D eigenvalue weighted by molar-refractivity contribution is 0.0699. The van der Waals surface area contributed by atoms with Crippen LogP contribution in [-0.2, 0) is 0 Å². The number of pyridine rings is 1. The van der Waals surface area contributed by atoms with Crippen LogP contribution in [0.2, 0.25) is 0 Å². The van der Waals surface area contributed by atoms with Gasteiger partial charge in [-0.1, -0.05) is 18.2 Å². The first-order chi connectivity index (χ1) is 9.20. The fourth-order valence-corrected chi connectivity index (χ4v) is 2.20. The molecular weight excluding hydrogens is 242 g/mol. The molecule has 0 aliphatic rings. The summed E-state index contributed by atoms with van der Waals surface area (Å²) in [5.74, 6) is -0.243. The van der Waals surface area contributed by atoms with Crippen LogP contribution in [0, 0.1) is 0 Å². The van der Waals surface area contributed by atoms with Gasteiger partial charge >= 0.3 is 5.97 Å². The van der Waals surface area contributed by atoms with Crippen molar-refractivity contribution >= 4 is 27.8 Å². The number of nitrogens with zero attached hydrogens (tertiary/aromatic N) is 1. The van der Waals surface area contributed by atoms with Crippen molar-refractivity contribution < 1.29 is 14.6 Å². The number of carboxylic acids is 1. The van der Waals surface area contributed by atoms with Crippen LogP contribution in [0.4, 0.5) is 0 Å². The highest BCUT2D eigenvalue weighted by molar-refractivity contribution is 6.05. The first kappa shape index (κ1) is 11.5. The summed E-state index contributed by atoms with van der Waals surface area (Å²) in [4.78, 5) is 15.7. The molecule has 0 spiro atoms. The fraction of sp³-hybridized carbons (Fsp3) is 0.0667. The summed E-state index contributed by atoms with van der Waals surface area (Å²) >= 11 is 0. The molecule has 0 atom stereocenters. The van der Waals surface area contributed by atoms with Crippen molar-refractivity contribution in [3.05, 3.63) is 48.0 Å². The van der Waals surface area contributed by atoms with Gasteiger partial charge in [0, 0.05) is 10.8 Å². The zero-order valence-electron chi connectivity index (χ0n) is 10.3. The molecule has 4 heteroatoms. The molecule has 94 valence electrons. The molecule has 0 radical (unpaired) electrons. The Bertz CT molecular complexity index is 796. The van der Waals surface area contributed by atoms with Crippen molar-refractivity contribution in [3.63, 3.8) is 0 Å². The molecule has 2 aromatic carbocycles. The van der Waals surface area contributed by atoms with E-state index < -0.39 is 5.97 Å². The Morgan fingerprint density at radius 2 is 2.00 bits per heavy atom. The summed E-state index contributed by atoms with van der Waals surface area (Å²) in [6.07, 6.45) is 0. The number of aromatic carboxylic acids is 1. The van der Waals surface area contributed by atoms with E-state index in [4.69, 9.17) is 4.74 Å². The predicted molar refractivity (Wildman–Crippen MR) is 72.8 cm³/mol. The third-order valence-corrected chi connectivity index (χ3v) is 3.09. The van der Waals surface area contributed by atoms with E-state index in [0.717, 1.165) is 22.0 Å². The van der Waals surface area contributed by atoms with Gasteiger partial charge in [-0.3, -0.25) is 0 Å². The molecule has 0 unspecified atom stereocenters. The van der Waals surface area contributed by atoms with Crippen LogP contribution in [-0.4, -0.2) is 23.2 Å². The Hall–Kier alpha value is -2.62. The van der Waals surface area contributed by atoms with E-state index in [9.17, 15) is 9.90 Å². The van der Waals surface area contributed by atoms with E-state index in [1.165, 1.54) is 0 Å². The number of benzene rings is 2. The number of para-hydroxylation sites is 1. The highest BCUT2D eigenvalue weighted by Gasteiger charge is 2.11. The molecule has 1 N–H and O–H groups in total. The van der Waals surface area contributed by atoms with Crippen molar-refractivity contribution in [1.82, 2.24) is 4.98 Å². The third-order valence-electron chi connectivity index (χ3n) is 3.09. The number of methoxy groups -OCH3 is 1. The lowest BCUT2D eigenvalue weighted by Crippen LogP contribution is -1.99. The van der Waals surface area contributed by atoms with Gasteiger partial charge in [-0.2, -0.15) is 0 Å². The maximum atomic E-state index is 11.2. The number of rotatable bonds is 2. The summed E-state index contributed by atoms with van der Waals surface area (Å²) in [6, 6.07) is 12.6. The van der Waals surface area contributed by atoms with Crippen LogP contribution in [0.15, 0.2) is 42.5 Å². The van der Waals surface area contributed by atoms with Gasteiger partial charge in [0.2, 0.25) is 0 Å². The quantitative estimate of drug-likeness (QED) is 0.713. The van der Waals surface area contributed by atoms with Gasteiger partial charge < -0.3 is 9.84 Å². The highest BCUT2D eigenvalue weighted by atomic mass is 16.5. The number of carboxylic acid groups (broad SMARTS) is 1. The monoisotopic (exact) mass is 253 g/mol. The van der Waals surface area contributed by atoms with Gasteiger partial charge in [-0.05, 0) is 24.3 Å². The van der Waals surface area contributed by atoms with E-state index in [1.54, 1.807) is 19.2 Å². The van der Waals surface area contributed by atoms with Crippen molar-refractivity contribution in [1.29, 1.82) is 0 Å². The molecule has 19 heavy (non-hydrogen) atoms. The molecule has 3 rings (SSSR count). The van der Waals surface area contributed by atoms with Crippen molar-refractivity contribution in [2.24, 2.45) is 0 Å². The average molecular weight is 253 g/mol. The van der Waals surface area contributed by atoms with Gasteiger partial charge in [0.15, 0.2) is 0 Å². The lowest BCUT2D eigenvalue weighted by atomic mass is 10.1. The molecule has 4 nitrogen and oxygen atoms in total. The largest absolute Gasteiger partial charge is 0.496 e. The molecule has 1 aromatic heterocycles. The van der Waals surface area contributed by atoms with E-state index in [2.05, 4.69) is 4.98 Å².